The van der Waals surface area contributed by atoms with Crippen LogP contribution in [0.3, 0.4) is 0 Å². The highest BCUT2D eigenvalue weighted by molar-refractivity contribution is 6.33. The third kappa shape index (κ3) is 7.46. The van der Waals surface area contributed by atoms with Crippen LogP contribution in [-0.4, -0.2) is 32.2 Å². The van der Waals surface area contributed by atoms with Gasteiger partial charge in [0.2, 0.25) is 0 Å². The maximum atomic E-state index is 12.4. The molecule has 1 fully saturated rings. The fraction of sp³-hybridized carbons (Fsp3) is 0.345. The van der Waals surface area contributed by atoms with Gasteiger partial charge in [-0.05, 0) is 75.1 Å². The molecule has 6 nitrogen and oxygen atoms in total. The van der Waals surface area contributed by atoms with Crippen LogP contribution < -0.4 is 25.0 Å². The zero-order chi connectivity index (χ0) is 26.2. The van der Waals surface area contributed by atoms with Crippen LogP contribution >= 0.6 is 23.2 Å². The van der Waals surface area contributed by atoms with E-state index in [9.17, 15) is 4.79 Å². The van der Waals surface area contributed by atoms with Crippen LogP contribution in [0.25, 0.3) is 0 Å². The summed E-state index contributed by atoms with van der Waals surface area (Å²) >= 11 is 13.2. The number of nitrogens with zero attached hydrogens (tertiary/aromatic N) is 1. The third-order valence-electron chi connectivity index (χ3n) is 6.23. The predicted octanol–water partition coefficient (Wildman–Crippen LogP) is 7.32. The maximum Gasteiger partial charge on any atom is 0.262 e. The number of carbonyl (C=O) groups is 1. The molecule has 8 heteroatoms. The monoisotopic (exact) mass is 541 g/mol. The SMILES string of the molecule is CCOc1cc(CNc2ccc(N3CCCCC3)c(Cl)c2)c(Cl)cc1OCC(=O)Nc1ccc(C)cc1. The van der Waals surface area contributed by atoms with Gasteiger partial charge in [0.05, 0.1) is 17.3 Å². The molecule has 3 aromatic rings. The Morgan fingerprint density at radius 1 is 0.892 bits per heavy atom. The van der Waals surface area contributed by atoms with Crippen LogP contribution in [0.4, 0.5) is 17.1 Å². The van der Waals surface area contributed by atoms with Crippen molar-refractivity contribution in [1.29, 1.82) is 0 Å². The Labute approximate surface area is 228 Å². The Balaban J connectivity index is 1.38. The Kier molecular flexibility index (Phi) is 9.42. The van der Waals surface area contributed by atoms with Crippen LogP contribution in [0.1, 0.15) is 37.3 Å². The van der Waals surface area contributed by atoms with Crippen molar-refractivity contribution in [1.82, 2.24) is 0 Å². The average molecular weight is 543 g/mol. The van der Waals surface area contributed by atoms with Crippen LogP contribution in [0.2, 0.25) is 10.0 Å². The topological polar surface area (TPSA) is 62.8 Å². The fourth-order valence-corrected chi connectivity index (χ4v) is 4.80. The zero-order valence-electron chi connectivity index (χ0n) is 21.3. The van der Waals surface area contributed by atoms with E-state index in [1.165, 1.54) is 19.3 Å². The smallest absolute Gasteiger partial charge is 0.262 e. The number of amides is 1. The normalized spacial score (nSPS) is 13.2. The van der Waals surface area contributed by atoms with Gasteiger partial charge in [0, 0.05) is 42.1 Å². The first kappa shape index (κ1) is 27.0. The van der Waals surface area contributed by atoms with Gasteiger partial charge in [-0.15, -0.1) is 0 Å². The van der Waals surface area contributed by atoms with E-state index in [4.69, 9.17) is 32.7 Å². The van der Waals surface area contributed by atoms with E-state index < -0.39 is 0 Å². The molecule has 0 saturated carbocycles. The van der Waals surface area contributed by atoms with Gasteiger partial charge >= 0.3 is 0 Å². The molecular weight excluding hydrogens is 509 g/mol. The predicted molar refractivity (Wildman–Crippen MR) is 153 cm³/mol. The number of benzene rings is 3. The zero-order valence-corrected chi connectivity index (χ0v) is 22.8. The molecule has 3 aromatic carbocycles. The molecule has 1 saturated heterocycles. The highest BCUT2D eigenvalue weighted by atomic mass is 35.5. The van der Waals surface area contributed by atoms with Crippen molar-refractivity contribution in [3.8, 4) is 11.5 Å². The summed E-state index contributed by atoms with van der Waals surface area (Å²) in [7, 11) is 0. The Morgan fingerprint density at radius 2 is 1.59 bits per heavy atom. The molecule has 2 N–H and O–H groups in total. The van der Waals surface area contributed by atoms with Crippen LogP contribution in [0.5, 0.6) is 11.5 Å². The number of piperidine rings is 1. The highest BCUT2D eigenvalue weighted by Gasteiger charge is 2.16. The largest absolute Gasteiger partial charge is 0.490 e. The van der Waals surface area contributed by atoms with Crippen molar-refractivity contribution >= 4 is 46.2 Å². The molecule has 0 atom stereocenters. The standard InChI is InChI=1S/C29H33Cl2N3O3/c1-3-36-27-15-21(18-32-23-11-12-26(25(31)16-23)34-13-5-4-6-14-34)24(30)17-28(27)37-19-29(35)33-22-9-7-20(2)8-10-22/h7-12,15-17,32H,3-6,13-14,18-19H2,1-2H3,(H,33,35). The van der Waals surface area contributed by atoms with Crippen molar-refractivity contribution in [2.75, 3.05) is 41.8 Å². The number of rotatable bonds is 10. The number of aryl methyl sites for hydroxylation is 1. The summed E-state index contributed by atoms with van der Waals surface area (Å²) in [6, 6.07) is 17.2. The number of hydrogen-bond donors (Lipinski definition) is 2. The molecule has 1 amide bonds. The van der Waals surface area contributed by atoms with Gasteiger partial charge in [-0.2, -0.15) is 0 Å². The molecule has 1 aliphatic heterocycles. The first-order valence-corrected chi connectivity index (χ1v) is 13.4. The van der Waals surface area contributed by atoms with E-state index in [-0.39, 0.29) is 12.5 Å². The molecule has 0 aromatic heterocycles. The highest BCUT2D eigenvalue weighted by Crippen LogP contribution is 2.35. The average Bonchev–Trinajstić information content (AvgIpc) is 2.90. The summed E-state index contributed by atoms with van der Waals surface area (Å²) in [6.45, 7) is 6.75. The van der Waals surface area contributed by atoms with Crippen LogP contribution in [0.15, 0.2) is 54.6 Å². The van der Waals surface area contributed by atoms with Gasteiger partial charge in [0.15, 0.2) is 18.1 Å². The molecule has 4 rings (SSSR count). The molecule has 0 aliphatic carbocycles. The minimum atomic E-state index is -0.266. The van der Waals surface area contributed by atoms with E-state index >= 15 is 0 Å². The minimum Gasteiger partial charge on any atom is -0.490 e. The van der Waals surface area contributed by atoms with Crippen LogP contribution in [0, 0.1) is 6.92 Å². The van der Waals surface area contributed by atoms with Gasteiger partial charge in [-0.1, -0.05) is 40.9 Å². The van der Waals surface area contributed by atoms with Crippen molar-refractivity contribution in [3.63, 3.8) is 0 Å². The van der Waals surface area contributed by atoms with Crippen molar-refractivity contribution in [2.24, 2.45) is 0 Å². The van der Waals surface area contributed by atoms with Gasteiger partial charge < -0.3 is 25.0 Å². The van der Waals surface area contributed by atoms with E-state index in [0.29, 0.717) is 35.4 Å². The van der Waals surface area contributed by atoms with E-state index in [1.54, 1.807) is 6.07 Å². The summed E-state index contributed by atoms with van der Waals surface area (Å²) in [6.07, 6.45) is 3.69. The maximum absolute atomic E-state index is 12.4. The number of anilines is 3. The molecule has 0 unspecified atom stereocenters. The first-order valence-electron chi connectivity index (χ1n) is 12.7. The molecule has 1 aliphatic rings. The number of carbonyl (C=O) groups excluding carboxylic acids is 1. The lowest BCUT2D eigenvalue weighted by atomic mass is 10.1. The molecule has 196 valence electrons. The van der Waals surface area contributed by atoms with E-state index in [0.717, 1.165) is 40.6 Å². The molecular formula is C29H33Cl2N3O3. The molecule has 0 spiro atoms. The van der Waals surface area contributed by atoms with Crippen molar-refractivity contribution in [3.05, 3.63) is 75.8 Å². The Morgan fingerprint density at radius 3 is 2.30 bits per heavy atom. The molecule has 0 radical (unpaired) electrons. The molecule has 1 heterocycles. The lowest BCUT2D eigenvalue weighted by molar-refractivity contribution is -0.118. The lowest BCUT2D eigenvalue weighted by Crippen LogP contribution is -2.29. The second kappa shape index (κ2) is 12.9. The summed E-state index contributed by atoms with van der Waals surface area (Å²) in [5, 5.41) is 7.47. The van der Waals surface area contributed by atoms with Gasteiger partial charge in [0.1, 0.15) is 0 Å². The number of hydrogen-bond acceptors (Lipinski definition) is 5. The van der Waals surface area contributed by atoms with E-state index in [2.05, 4.69) is 21.6 Å². The second-order valence-electron chi connectivity index (χ2n) is 9.09. The Bertz CT molecular complexity index is 1210. The van der Waals surface area contributed by atoms with Crippen molar-refractivity contribution in [2.45, 2.75) is 39.7 Å². The summed E-state index contributed by atoms with van der Waals surface area (Å²) in [5.74, 6) is 0.687. The minimum absolute atomic E-state index is 0.163. The molecule has 37 heavy (non-hydrogen) atoms. The third-order valence-corrected chi connectivity index (χ3v) is 6.89. The first-order chi connectivity index (χ1) is 17.9. The second-order valence-corrected chi connectivity index (χ2v) is 9.91. The lowest BCUT2D eigenvalue weighted by Gasteiger charge is -2.29. The van der Waals surface area contributed by atoms with Gasteiger partial charge in [-0.3, -0.25) is 4.79 Å². The number of halogens is 2. The summed E-state index contributed by atoms with van der Waals surface area (Å²) in [5.41, 5.74) is 4.67. The van der Waals surface area contributed by atoms with Crippen molar-refractivity contribution < 1.29 is 14.3 Å². The molecule has 0 bridgehead atoms. The number of ether oxygens (including phenoxy) is 2. The summed E-state index contributed by atoms with van der Waals surface area (Å²) < 4.78 is 11.5. The van der Waals surface area contributed by atoms with E-state index in [1.807, 2.05) is 56.3 Å². The number of nitrogens with one attached hydrogen (secondary N) is 2. The van der Waals surface area contributed by atoms with Crippen LogP contribution in [-0.2, 0) is 11.3 Å². The quantitative estimate of drug-likeness (QED) is 0.281. The van der Waals surface area contributed by atoms with Gasteiger partial charge in [0.25, 0.3) is 5.91 Å². The van der Waals surface area contributed by atoms with Gasteiger partial charge in [-0.25, -0.2) is 0 Å². The fourth-order valence-electron chi connectivity index (χ4n) is 4.28. The Hall–Kier alpha value is -3.09. The summed E-state index contributed by atoms with van der Waals surface area (Å²) in [4.78, 5) is 14.7.